The number of rotatable bonds is 5. The maximum atomic E-state index is 12.8. The van der Waals surface area contributed by atoms with Gasteiger partial charge in [-0.2, -0.15) is 0 Å². The minimum atomic E-state index is -0.887. The minimum absolute atomic E-state index is 0.0379. The second kappa shape index (κ2) is 9.27. The summed E-state index contributed by atoms with van der Waals surface area (Å²) in [4.78, 5) is 53.3. The molecule has 0 spiro atoms. The first-order valence-electron chi connectivity index (χ1n) is 9.93. The van der Waals surface area contributed by atoms with E-state index in [9.17, 15) is 19.2 Å². The van der Waals surface area contributed by atoms with Crippen LogP contribution in [0.2, 0.25) is 4.34 Å². The van der Waals surface area contributed by atoms with Crippen LogP contribution < -0.4 is 15.5 Å². The third kappa shape index (κ3) is 4.62. The standard InChI is InChI=1S/C21H21ClN4O5S/c1-25-10-14(18(21(25)30)24-20(29)15-6-7-16(22)32-15)23-19(28)12-2-4-13(5-3-12)26-8-9-31-11-17(26)27/h2-7,14,18H,8-11H2,1H3,(H,23,28)(H,24,29)/t14-,18-/m0/s1. The molecule has 3 heterocycles. The molecule has 1 aromatic carbocycles. The van der Waals surface area contributed by atoms with Crippen LogP contribution in [-0.2, 0) is 14.3 Å². The van der Waals surface area contributed by atoms with E-state index in [1.807, 2.05) is 0 Å². The Morgan fingerprint density at radius 1 is 1.09 bits per heavy atom. The first-order valence-corrected chi connectivity index (χ1v) is 11.1. The molecule has 2 fully saturated rings. The van der Waals surface area contributed by atoms with Crippen molar-refractivity contribution in [2.45, 2.75) is 12.1 Å². The number of benzene rings is 1. The first kappa shape index (κ1) is 22.3. The van der Waals surface area contributed by atoms with Gasteiger partial charge in [0.1, 0.15) is 12.6 Å². The molecule has 2 atom stereocenters. The molecule has 0 aliphatic carbocycles. The number of carbonyl (C=O) groups excluding carboxylic acids is 4. The number of likely N-dealkylation sites (tertiary alicyclic amines) is 1. The van der Waals surface area contributed by atoms with Gasteiger partial charge >= 0.3 is 0 Å². The molecular weight excluding hydrogens is 456 g/mol. The van der Waals surface area contributed by atoms with Crippen molar-refractivity contribution in [1.82, 2.24) is 15.5 Å². The fraction of sp³-hybridized carbons (Fsp3) is 0.333. The van der Waals surface area contributed by atoms with E-state index in [1.165, 1.54) is 4.90 Å². The fourth-order valence-corrected chi connectivity index (χ4v) is 4.62. The third-order valence-corrected chi connectivity index (χ3v) is 6.57. The Kier molecular flexibility index (Phi) is 6.45. The number of nitrogens with one attached hydrogen (secondary N) is 2. The molecule has 0 unspecified atom stereocenters. The van der Waals surface area contributed by atoms with E-state index >= 15 is 0 Å². The quantitative estimate of drug-likeness (QED) is 0.672. The van der Waals surface area contributed by atoms with Crippen LogP contribution in [0.3, 0.4) is 0 Å². The predicted octanol–water partition coefficient (Wildman–Crippen LogP) is 1.13. The van der Waals surface area contributed by atoms with Crippen molar-refractivity contribution < 1.29 is 23.9 Å². The highest BCUT2D eigenvalue weighted by molar-refractivity contribution is 7.18. The minimum Gasteiger partial charge on any atom is -0.370 e. The zero-order chi connectivity index (χ0) is 22.8. The molecule has 2 saturated heterocycles. The summed E-state index contributed by atoms with van der Waals surface area (Å²) in [6.45, 7) is 1.22. The molecule has 2 aliphatic rings. The van der Waals surface area contributed by atoms with Crippen LogP contribution in [-0.4, -0.2) is 74.0 Å². The highest BCUT2D eigenvalue weighted by Gasteiger charge is 2.40. The van der Waals surface area contributed by atoms with Crippen molar-refractivity contribution in [3.05, 3.63) is 51.2 Å². The van der Waals surface area contributed by atoms with Gasteiger partial charge in [-0.1, -0.05) is 11.6 Å². The van der Waals surface area contributed by atoms with Crippen LogP contribution in [0.15, 0.2) is 36.4 Å². The summed E-state index contributed by atoms with van der Waals surface area (Å²) in [7, 11) is 1.61. The molecule has 0 radical (unpaired) electrons. The average molecular weight is 477 g/mol. The van der Waals surface area contributed by atoms with Crippen molar-refractivity contribution in [3.8, 4) is 0 Å². The highest BCUT2D eigenvalue weighted by atomic mass is 35.5. The molecule has 2 N–H and O–H groups in total. The Morgan fingerprint density at radius 2 is 1.84 bits per heavy atom. The Morgan fingerprint density at radius 3 is 2.50 bits per heavy atom. The summed E-state index contributed by atoms with van der Waals surface area (Å²) >= 11 is 7.00. The molecule has 32 heavy (non-hydrogen) atoms. The maximum absolute atomic E-state index is 12.8. The summed E-state index contributed by atoms with van der Waals surface area (Å²) in [6, 6.07) is 8.34. The van der Waals surface area contributed by atoms with Crippen LogP contribution >= 0.6 is 22.9 Å². The van der Waals surface area contributed by atoms with E-state index in [0.717, 1.165) is 11.3 Å². The number of halogens is 1. The lowest BCUT2D eigenvalue weighted by Gasteiger charge is -2.27. The summed E-state index contributed by atoms with van der Waals surface area (Å²) < 4.78 is 5.60. The number of thiophene rings is 1. The molecule has 0 bridgehead atoms. The molecule has 2 aromatic rings. The van der Waals surface area contributed by atoms with Gasteiger partial charge in [-0.3, -0.25) is 19.2 Å². The molecular formula is C21H21ClN4O5S. The Bertz CT molecular complexity index is 1060. The zero-order valence-corrected chi connectivity index (χ0v) is 18.7. The lowest BCUT2D eigenvalue weighted by molar-refractivity contribution is -0.128. The number of anilines is 1. The number of ether oxygens (including phenoxy) is 1. The van der Waals surface area contributed by atoms with Crippen molar-refractivity contribution in [2.75, 3.05) is 38.3 Å². The van der Waals surface area contributed by atoms with Crippen molar-refractivity contribution in [1.29, 1.82) is 0 Å². The molecule has 2 aliphatic heterocycles. The number of nitrogens with zero attached hydrogens (tertiary/aromatic N) is 2. The van der Waals surface area contributed by atoms with Crippen LogP contribution in [0.25, 0.3) is 0 Å². The number of likely N-dealkylation sites (N-methyl/N-ethyl adjacent to an activating group) is 1. The lowest BCUT2D eigenvalue weighted by atomic mass is 10.1. The molecule has 4 rings (SSSR count). The third-order valence-electron chi connectivity index (χ3n) is 5.34. The van der Waals surface area contributed by atoms with E-state index in [2.05, 4.69) is 10.6 Å². The number of amides is 4. The first-order chi connectivity index (χ1) is 15.3. The Balaban J connectivity index is 1.43. The SMILES string of the molecule is CN1C[C@H](NC(=O)c2ccc(N3CCOCC3=O)cc2)[C@H](NC(=O)c2ccc(Cl)s2)C1=O. The van der Waals surface area contributed by atoms with E-state index < -0.39 is 18.0 Å². The number of hydrogen-bond acceptors (Lipinski definition) is 6. The van der Waals surface area contributed by atoms with Crippen LogP contribution in [0.5, 0.6) is 0 Å². The van der Waals surface area contributed by atoms with Crippen LogP contribution in [0.4, 0.5) is 5.69 Å². The summed E-state index contributed by atoms with van der Waals surface area (Å²) in [6.07, 6.45) is 0. The second-order valence-corrected chi connectivity index (χ2v) is 9.21. The van der Waals surface area contributed by atoms with Gasteiger partial charge in [-0.25, -0.2) is 0 Å². The monoisotopic (exact) mass is 476 g/mol. The molecule has 0 saturated carbocycles. The second-order valence-electron chi connectivity index (χ2n) is 7.50. The molecule has 11 heteroatoms. The number of morpholine rings is 1. The average Bonchev–Trinajstić information content (AvgIpc) is 3.33. The van der Waals surface area contributed by atoms with Crippen molar-refractivity contribution in [3.63, 3.8) is 0 Å². The van der Waals surface area contributed by atoms with Crippen molar-refractivity contribution >= 4 is 52.3 Å². The van der Waals surface area contributed by atoms with Crippen LogP contribution in [0.1, 0.15) is 20.0 Å². The van der Waals surface area contributed by atoms with Gasteiger partial charge in [0.2, 0.25) is 5.91 Å². The summed E-state index contributed by atoms with van der Waals surface area (Å²) in [5.74, 6) is -1.22. The highest BCUT2D eigenvalue weighted by Crippen LogP contribution is 2.22. The predicted molar refractivity (Wildman–Crippen MR) is 119 cm³/mol. The van der Waals surface area contributed by atoms with Gasteiger partial charge in [0.05, 0.1) is 21.9 Å². The number of hydrogen-bond donors (Lipinski definition) is 2. The van der Waals surface area contributed by atoms with E-state index in [4.69, 9.17) is 16.3 Å². The Hall–Kier alpha value is -2.95. The molecule has 1 aromatic heterocycles. The largest absolute Gasteiger partial charge is 0.370 e. The van der Waals surface area contributed by atoms with Gasteiger partial charge in [-0.15, -0.1) is 11.3 Å². The van der Waals surface area contributed by atoms with Gasteiger partial charge in [0, 0.05) is 31.4 Å². The normalized spacial score (nSPS) is 21.1. The molecule has 9 nitrogen and oxygen atoms in total. The molecule has 4 amide bonds. The molecule has 168 valence electrons. The fourth-order valence-electron chi connectivity index (χ4n) is 3.68. The van der Waals surface area contributed by atoms with Gasteiger partial charge in [0.15, 0.2) is 0 Å². The van der Waals surface area contributed by atoms with Gasteiger partial charge in [0.25, 0.3) is 17.7 Å². The summed E-state index contributed by atoms with van der Waals surface area (Å²) in [5, 5.41) is 5.54. The van der Waals surface area contributed by atoms with E-state index in [0.29, 0.717) is 33.6 Å². The van der Waals surface area contributed by atoms with Crippen LogP contribution in [0, 0.1) is 0 Å². The van der Waals surface area contributed by atoms with E-state index in [1.54, 1.807) is 48.3 Å². The van der Waals surface area contributed by atoms with Gasteiger partial charge < -0.3 is 25.2 Å². The van der Waals surface area contributed by atoms with E-state index in [-0.39, 0.29) is 30.9 Å². The smallest absolute Gasteiger partial charge is 0.262 e. The van der Waals surface area contributed by atoms with Crippen molar-refractivity contribution in [2.24, 2.45) is 0 Å². The zero-order valence-electron chi connectivity index (χ0n) is 17.2. The van der Waals surface area contributed by atoms with Gasteiger partial charge in [-0.05, 0) is 36.4 Å². The maximum Gasteiger partial charge on any atom is 0.262 e. The number of carbonyl (C=O) groups is 4. The lowest BCUT2D eigenvalue weighted by Crippen LogP contribution is -2.52. The Labute approximate surface area is 193 Å². The topological polar surface area (TPSA) is 108 Å². The summed E-state index contributed by atoms with van der Waals surface area (Å²) in [5.41, 5.74) is 1.07.